The molecule has 0 aliphatic rings. The van der Waals surface area contributed by atoms with Gasteiger partial charge in [-0.05, 0) is 19.1 Å². The summed E-state index contributed by atoms with van der Waals surface area (Å²) in [5.41, 5.74) is 2.21. The lowest BCUT2D eigenvalue weighted by molar-refractivity contribution is 0.199. The molecule has 2 aromatic heterocycles. The van der Waals surface area contributed by atoms with Crippen LogP contribution in [0.2, 0.25) is 0 Å². The van der Waals surface area contributed by atoms with E-state index in [0.29, 0.717) is 22.3 Å². The van der Waals surface area contributed by atoms with Gasteiger partial charge in [0.25, 0.3) is 0 Å². The van der Waals surface area contributed by atoms with Crippen LogP contribution in [0.3, 0.4) is 0 Å². The lowest BCUT2D eigenvalue weighted by Gasteiger charge is -2.06. The number of pyridine rings is 2. The molecule has 2 aromatic rings. The van der Waals surface area contributed by atoms with Gasteiger partial charge in [-0.2, -0.15) is 0 Å². The first-order valence-electron chi connectivity index (χ1n) is 5.00. The molecule has 1 atom stereocenters. The molecule has 1 amide bonds. The van der Waals surface area contributed by atoms with Crippen molar-refractivity contribution in [1.29, 1.82) is 0 Å². The first-order chi connectivity index (χ1) is 8.06. The molecule has 2 heterocycles. The average Bonchev–Trinajstić information content (AvgIpc) is 2.27. The Balaban J connectivity index is 2.43. The maximum atomic E-state index is 10.5. The summed E-state index contributed by atoms with van der Waals surface area (Å²) in [6, 6.07) is 3.31. The van der Waals surface area contributed by atoms with Gasteiger partial charge in [-0.1, -0.05) is 0 Å². The minimum Gasteiger partial charge on any atom is -0.465 e. The summed E-state index contributed by atoms with van der Waals surface area (Å²) in [5.74, 6) is 0. The van der Waals surface area contributed by atoms with E-state index in [4.69, 9.17) is 5.11 Å². The molecule has 0 aliphatic carbocycles. The molecule has 0 aliphatic heterocycles. The number of fused-ring (bicyclic) bond motifs is 1. The lowest BCUT2D eigenvalue weighted by atomic mass is 10.1. The van der Waals surface area contributed by atoms with Crippen LogP contribution in [0.5, 0.6) is 0 Å². The molecule has 0 fully saturated rings. The third-order valence-electron chi connectivity index (χ3n) is 2.29. The lowest BCUT2D eigenvalue weighted by Crippen LogP contribution is -2.07. The van der Waals surface area contributed by atoms with Gasteiger partial charge in [0.1, 0.15) is 0 Å². The molecule has 0 spiro atoms. The van der Waals surface area contributed by atoms with Crippen LogP contribution in [0, 0.1) is 0 Å². The maximum Gasteiger partial charge on any atom is 0.409 e. The van der Waals surface area contributed by atoms with Gasteiger partial charge >= 0.3 is 6.09 Å². The second-order valence-electron chi connectivity index (χ2n) is 3.64. The number of aromatic nitrogens is 2. The second kappa shape index (κ2) is 4.34. The summed E-state index contributed by atoms with van der Waals surface area (Å²) in [5, 5.41) is 20.2. The fraction of sp³-hybridized carbons (Fsp3) is 0.182. The van der Waals surface area contributed by atoms with Gasteiger partial charge in [-0.15, -0.1) is 0 Å². The van der Waals surface area contributed by atoms with Crippen molar-refractivity contribution in [3.63, 3.8) is 0 Å². The highest BCUT2D eigenvalue weighted by Gasteiger charge is 2.05. The maximum absolute atomic E-state index is 10.5. The van der Waals surface area contributed by atoms with Crippen molar-refractivity contribution in [2.45, 2.75) is 13.0 Å². The molecule has 3 N–H and O–H groups in total. The van der Waals surface area contributed by atoms with Crippen LogP contribution in [-0.2, 0) is 0 Å². The molecule has 0 radical (unpaired) electrons. The predicted octanol–water partition coefficient (Wildman–Crippen LogP) is 1.77. The van der Waals surface area contributed by atoms with Crippen LogP contribution in [-0.4, -0.2) is 26.3 Å². The molecule has 6 nitrogen and oxygen atoms in total. The third kappa shape index (κ3) is 2.48. The fourth-order valence-corrected chi connectivity index (χ4v) is 1.44. The van der Waals surface area contributed by atoms with Crippen molar-refractivity contribution in [2.24, 2.45) is 0 Å². The Hall–Kier alpha value is -2.21. The Bertz CT molecular complexity index is 569. The first-order valence-corrected chi connectivity index (χ1v) is 5.00. The van der Waals surface area contributed by atoms with Crippen molar-refractivity contribution in [3.8, 4) is 0 Å². The number of carboxylic acid groups (broad SMARTS) is 1. The summed E-state index contributed by atoms with van der Waals surface area (Å²) in [4.78, 5) is 18.6. The number of amides is 1. The van der Waals surface area contributed by atoms with E-state index in [0.717, 1.165) is 0 Å². The Morgan fingerprint density at radius 1 is 1.29 bits per heavy atom. The monoisotopic (exact) mass is 233 g/mol. The number of aliphatic hydroxyl groups excluding tert-OH is 1. The second-order valence-corrected chi connectivity index (χ2v) is 3.64. The number of hydrogen-bond acceptors (Lipinski definition) is 4. The minimum atomic E-state index is -1.15. The zero-order valence-corrected chi connectivity index (χ0v) is 9.08. The van der Waals surface area contributed by atoms with Crippen LogP contribution in [0.25, 0.3) is 11.0 Å². The smallest absolute Gasteiger partial charge is 0.409 e. The molecule has 6 heteroatoms. The summed E-state index contributed by atoms with van der Waals surface area (Å²) in [6.45, 7) is 1.64. The Morgan fingerprint density at radius 2 is 1.94 bits per heavy atom. The highest BCUT2D eigenvalue weighted by Crippen LogP contribution is 2.18. The summed E-state index contributed by atoms with van der Waals surface area (Å²) in [6.07, 6.45) is 1.20. The van der Waals surface area contributed by atoms with Crippen LogP contribution >= 0.6 is 0 Å². The Kier molecular flexibility index (Phi) is 2.88. The highest BCUT2D eigenvalue weighted by atomic mass is 16.4. The molecule has 17 heavy (non-hydrogen) atoms. The van der Waals surface area contributed by atoms with Gasteiger partial charge in [-0.25, -0.2) is 4.79 Å². The number of anilines is 1. The molecule has 0 bridgehead atoms. The summed E-state index contributed by atoms with van der Waals surface area (Å²) < 4.78 is 0. The van der Waals surface area contributed by atoms with Crippen molar-refractivity contribution in [2.75, 3.05) is 5.32 Å². The number of nitrogens with zero attached hydrogens (tertiary/aromatic N) is 2. The number of nitrogens with one attached hydrogen (secondary N) is 1. The van der Waals surface area contributed by atoms with Gasteiger partial charge in [0.05, 0.1) is 29.0 Å². The zero-order chi connectivity index (χ0) is 12.4. The van der Waals surface area contributed by atoms with E-state index in [2.05, 4.69) is 15.3 Å². The standard InChI is InChI=1S/C11H11N3O3/c1-6(15)7-2-9-10(12-4-7)3-8(5-13-9)14-11(16)17/h2-6,14-15H,1H3,(H,16,17). The largest absolute Gasteiger partial charge is 0.465 e. The van der Waals surface area contributed by atoms with Crippen LogP contribution in [0.15, 0.2) is 24.5 Å². The van der Waals surface area contributed by atoms with Crippen LogP contribution in [0.1, 0.15) is 18.6 Å². The van der Waals surface area contributed by atoms with E-state index in [1.54, 1.807) is 25.3 Å². The van der Waals surface area contributed by atoms with E-state index < -0.39 is 12.2 Å². The van der Waals surface area contributed by atoms with E-state index in [-0.39, 0.29) is 0 Å². The van der Waals surface area contributed by atoms with Gasteiger partial charge in [0.15, 0.2) is 0 Å². The third-order valence-corrected chi connectivity index (χ3v) is 2.29. The van der Waals surface area contributed by atoms with Gasteiger partial charge in [-0.3, -0.25) is 15.3 Å². The molecule has 1 unspecified atom stereocenters. The van der Waals surface area contributed by atoms with Gasteiger partial charge in [0.2, 0.25) is 0 Å². The van der Waals surface area contributed by atoms with E-state index in [9.17, 15) is 9.90 Å². The topological polar surface area (TPSA) is 95.3 Å². The molecule has 2 rings (SSSR count). The number of rotatable bonds is 2. The van der Waals surface area contributed by atoms with E-state index in [1.165, 1.54) is 6.20 Å². The fourth-order valence-electron chi connectivity index (χ4n) is 1.44. The highest BCUT2D eigenvalue weighted by molar-refractivity contribution is 5.86. The number of carbonyl (C=O) groups is 1. The van der Waals surface area contributed by atoms with Crippen molar-refractivity contribution in [1.82, 2.24) is 9.97 Å². The van der Waals surface area contributed by atoms with Gasteiger partial charge in [0, 0.05) is 11.8 Å². The summed E-state index contributed by atoms with van der Waals surface area (Å²) >= 11 is 0. The van der Waals surface area contributed by atoms with Crippen LogP contribution in [0.4, 0.5) is 10.5 Å². The van der Waals surface area contributed by atoms with Crippen molar-refractivity contribution in [3.05, 3.63) is 30.1 Å². The molecular weight excluding hydrogens is 222 g/mol. The minimum absolute atomic E-state index is 0.363. The molecule has 0 saturated heterocycles. The predicted molar refractivity (Wildman–Crippen MR) is 61.8 cm³/mol. The molecular formula is C11H11N3O3. The van der Waals surface area contributed by atoms with E-state index >= 15 is 0 Å². The summed E-state index contributed by atoms with van der Waals surface area (Å²) in [7, 11) is 0. The van der Waals surface area contributed by atoms with Gasteiger partial charge < -0.3 is 10.2 Å². The Labute approximate surface area is 96.9 Å². The number of hydrogen-bond donors (Lipinski definition) is 3. The van der Waals surface area contributed by atoms with Crippen molar-refractivity contribution < 1.29 is 15.0 Å². The molecule has 0 saturated carbocycles. The quantitative estimate of drug-likeness (QED) is 0.734. The zero-order valence-electron chi connectivity index (χ0n) is 9.08. The van der Waals surface area contributed by atoms with Crippen molar-refractivity contribution >= 4 is 22.8 Å². The molecule has 88 valence electrons. The first kappa shape index (κ1) is 11.3. The number of aliphatic hydroxyl groups is 1. The normalized spacial score (nSPS) is 12.4. The van der Waals surface area contributed by atoms with Crippen LogP contribution < -0.4 is 5.32 Å². The Morgan fingerprint density at radius 3 is 2.59 bits per heavy atom. The SMILES string of the molecule is CC(O)c1cnc2cc(NC(=O)O)cnc2c1. The van der Waals surface area contributed by atoms with E-state index in [1.807, 2.05) is 0 Å². The molecule has 0 aromatic carbocycles. The average molecular weight is 233 g/mol.